The fourth-order valence-electron chi connectivity index (χ4n) is 2.89. The van der Waals surface area contributed by atoms with Crippen molar-refractivity contribution < 1.29 is 23.5 Å². The average Bonchev–Trinajstić information content (AvgIpc) is 3.10. The molecule has 3 rings (SSSR count). The second-order valence-electron chi connectivity index (χ2n) is 6.32. The van der Waals surface area contributed by atoms with E-state index in [2.05, 4.69) is 5.32 Å². The number of hydrogen-bond acceptors (Lipinski definition) is 4. The number of halogens is 2. The molecular formula is C20H19ClFNO4. The second kappa shape index (κ2) is 8.39. The summed E-state index contributed by atoms with van der Waals surface area (Å²) in [5.41, 5.74) is 2.79. The van der Waals surface area contributed by atoms with E-state index in [1.807, 2.05) is 18.2 Å². The van der Waals surface area contributed by atoms with Crippen LogP contribution >= 0.6 is 11.6 Å². The minimum atomic E-state index is -1.05. The van der Waals surface area contributed by atoms with Crippen LogP contribution in [0.4, 0.5) is 10.1 Å². The zero-order valence-corrected chi connectivity index (χ0v) is 15.5. The maximum absolute atomic E-state index is 13.0. The molecule has 1 atom stereocenters. The first-order valence-electron chi connectivity index (χ1n) is 8.62. The fraction of sp³-hybridized carbons (Fsp3) is 0.300. The van der Waals surface area contributed by atoms with Crippen LogP contribution < -0.4 is 10.1 Å². The largest absolute Gasteiger partial charge is 0.482 e. The molecule has 0 aliphatic heterocycles. The molecule has 0 saturated carbocycles. The number of fused-ring (bicyclic) bond motifs is 1. The Morgan fingerprint density at radius 1 is 1.19 bits per heavy atom. The summed E-state index contributed by atoms with van der Waals surface area (Å²) in [6.07, 6.45) is 2.16. The molecule has 1 N–H and O–H groups in total. The van der Waals surface area contributed by atoms with Gasteiger partial charge in [0.15, 0.2) is 12.7 Å². The lowest BCUT2D eigenvalue weighted by atomic mass is 10.1. The molecule has 27 heavy (non-hydrogen) atoms. The number of nitrogens with one attached hydrogen (secondary N) is 1. The predicted molar refractivity (Wildman–Crippen MR) is 99.6 cm³/mol. The Labute approximate surface area is 161 Å². The number of hydrogen-bond donors (Lipinski definition) is 1. The quantitative estimate of drug-likeness (QED) is 0.758. The molecule has 1 aliphatic carbocycles. The summed E-state index contributed by atoms with van der Waals surface area (Å²) < 4.78 is 23.6. The number of carbonyl (C=O) groups excluding carboxylic acids is 2. The summed E-state index contributed by atoms with van der Waals surface area (Å²) in [6, 6.07) is 9.35. The Balaban J connectivity index is 1.48. The van der Waals surface area contributed by atoms with Gasteiger partial charge in [-0.15, -0.1) is 0 Å². The van der Waals surface area contributed by atoms with Crippen molar-refractivity contribution in [2.45, 2.75) is 32.3 Å². The molecule has 0 saturated heterocycles. The summed E-state index contributed by atoms with van der Waals surface area (Å²) in [6.45, 7) is 1.13. The predicted octanol–water partition coefficient (Wildman–Crippen LogP) is 3.92. The van der Waals surface area contributed by atoms with E-state index in [4.69, 9.17) is 21.1 Å². The van der Waals surface area contributed by atoms with Crippen LogP contribution in [-0.2, 0) is 27.2 Å². The zero-order chi connectivity index (χ0) is 19.4. The molecule has 0 spiro atoms. The first kappa shape index (κ1) is 19.2. The van der Waals surface area contributed by atoms with Gasteiger partial charge in [-0.25, -0.2) is 9.18 Å². The molecular weight excluding hydrogens is 373 g/mol. The van der Waals surface area contributed by atoms with Gasteiger partial charge in [0.05, 0.1) is 10.7 Å². The van der Waals surface area contributed by atoms with Crippen molar-refractivity contribution in [2.24, 2.45) is 0 Å². The highest BCUT2D eigenvalue weighted by atomic mass is 35.5. The van der Waals surface area contributed by atoms with Gasteiger partial charge in [-0.2, -0.15) is 0 Å². The number of amides is 1. The van der Waals surface area contributed by atoms with E-state index in [9.17, 15) is 14.0 Å². The molecule has 0 fully saturated rings. The third-order valence-corrected chi connectivity index (χ3v) is 4.61. The number of benzene rings is 2. The third-order valence-electron chi connectivity index (χ3n) is 4.29. The van der Waals surface area contributed by atoms with Gasteiger partial charge in [0.2, 0.25) is 0 Å². The zero-order valence-electron chi connectivity index (χ0n) is 14.8. The molecule has 2 aromatic carbocycles. The monoisotopic (exact) mass is 391 g/mol. The molecule has 7 heteroatoms. The van der Waals surface area contributed by atoms with Crippen molar-refractivity contribution in [3.05, 3.63) is 58.4 Å². The van der Waals surface area contributed by atoms with Crippen molar-refractivity contribution in [3.8, 4) is 5.75 Å². The summed E-state index contributed by atoms with van der Waals surface area (Å²) in [4.78, 5) is 24.0. The molecule has 1 aliphatic rings. The Morgan fingerprint density at radius 3 is 2.74 bits per heavy atom. The molecule has 0 heterocycles. The number of aryl methyl sites for hydroxylation is 2. The van der Waals surface area contributed by atoms with E-state index >= 15 is 0 Å². The van der Waals surface area contributed by atoms with Crippen LogP contribution in [0.3, 0.4) is 0 Å². The van der Waals surface area contributed by atoms with Gasteiger partial charge in [-0.05, 0) is 67.6 Å². The second-order valence-corrected chi connectivity index (χ2v) is 6.73. The highest BCUT2D eigenvalue weighted by molar-refractivity contribution is 6.33. The van der Waals surface area contributed by atoms with Crippen LogP contribution in [0.5, 0.6) is 5.75 Å². The van der Waals surface area contributed by atoms with Crippen molar-refractivity contribution in [1.82, 2.24) is 0 Å². The highest BCUT2D eigenvalue weighted by Crippen LogP contribution is 2.26. The van der Waals surface area contributed by atoms with E-state index < -0.39 is 23.8 Å². The van der Waals surface area contributed by atoms with Crippen molar-refractivity contribution in [1.29, 1.82) is 0 Å². The number of anilines is 1. The van der Waals surface area contributed by atoms with Crippen LogP contribution in [0, 0.1) is 5.82 Å². The smallest absolute Gasteiger partial charge is 0.344 e. The normalized spacial score (nSPS) is 13.6. The summed E-state index contributed by atoms with van der Waals surface area (Å²) in [5.74, 6) is -1.15. The number of esters is 1. The lowest BCUT2D eigenvalue weighted by Crippen LogP contribution is -2.31. The molecule has 1 amide bonds. The lowest BCUT2D eigenvalue weighted by Gasteiger charge is -2.15. The summed E-state index contributed by atoms with van der Waals surface area (Å²) in [5, 5.41) is 2.55. The van der Waals surface area contributed by atoms with Crippen LogP contribution in [0.1, 0.15) is 24.5 Å². The Bertz CT molecular complexity index is 871. The number of rotatable bonds is 6. The van der Waals surface area contributed by atoms with E-state index in [1.54, 1.807) is 0 Å². The van der Waals surface area contributed by atoms with Crippen LogP contribution in [0.25, 0.3) is 0 Å². The van der Waals surface area contributed by atoms with Crippen molar-refractivity contribution in [3.63, 3.8) is 0 Å². The SMILES string of the molecule is C[C@H](OC(=O)COc1ccc2c(c1)CCC2)C(=O)Nc1ccc(F)cc1Cl. The molecule has 0 unspecified atom stereocenters. The summed E-state index contributed by atoms with van der Waals surface area (Å²) >= 11 is 5.86. The molecule has 142 valence electrons. The van der Waals surface area contributed by atoms with Crippen molar-refractivity contribution in [2.75, 3.05) is 11.9 Å². The third kappa shape index (κ3) is 4.98. The van der Waals surface area contributed by atoms with E-state index in [0.717, 1.165) is 25.3 Å². The van der Waals surface area contributed by atoms with Crippen LogP contribution in [-0.4, -0.2) is 24.6 Å². The minimum Gasteiger partial charge on any atom is -0.482 e. The average molecular weight is 392 g/mol. The fourth-order valence-corrected chi connectivity index (χ4v) is 3.10. The van der Waals surface area contributed by atoms with E-state index in [-0.39, 0.29) is 17.3 Å². The molecule has 5 nitrogen and oxygen atoms in total. The molecule has 2 aromatic rings. The van der Waals surface area contributed by atoms with Crippen molar-refractivity contribution >= 4 is 29.2 Å². The van der Waals surface area contributed by atoms with Crippen LogP contribution in [0.2, 0.25) is 5.02 Å². The Hall–Kier alpha value is -2.60. The molecule has 0 aromatic heterocycles. The standard InChI is InChI=1S/C20H19ClFNO4/c1-12(20(25)23-18-8-6-15(22)10-17(18)21)27-19(24)11-26-16-7-5-13-3-2-4-14(13)9-16/h5-10,12H,2-4,11H2,1H3,(H,23,25)/t12-/m0/s1. The van der Waals surface area contributed by atoms with Gasteiger partial charge in [0.1, 0.15) is 11.6 Å². The maximum atomic E-state index is 13.0. The van der Waals surface area contributed by atoms with Gasteiger partial charge >= 0.3 is 5.97 Å². The maximum Gasteiger partial charge on any atom is 0.344 e. The Morgan fingerprint density at radius 2 is 1.96 bits per heavy atom. The van der Waals surface area contributed by atoms with Gasteiger partial charge < -0.3 is 14.8 Å². The van der Waals surface area contributed by atoms with Crippen LogP contribution in [0.15, 0.2) is 36.4 Å². The van der Waals surface area contributed by atoms with E-state index in [1.165, 1.54) is 30.2 Å². The minimum absolute atomic E-state index is 0.0572. The first-order chi connectivity index (χ1) is 12.9. The molecule has 0 bridgehead atoms. The highest BCUT2D eigenvalue weighted by Gasteiger charge is 2.19. The number of ether oxygens (including phenoxy) is 2. The first-order valence-corrected chi connectivity index (χ1v) is 9.00. The molecule has 0 radical (unpaired) electrons. The van der Waals surface area contributed by atoms with Gasteiger partial charge in [-0.3, -0.25) is 4.79 Å². The van der Waals surface area contributed by atoms with Gasteiger partial charge in [-0.1, -0.05) is 17.7 Å². The number of carbonyl (C=O) groups is 2. The van der Waals surface area contributed by atoms with Gasteiger partial charge in [0, 0.05) is 0 Å². The Kier molecular flexibility index (Phi) is 5.96. The van der Waals surface area contributed by atoms with Gasteiger partial charge in [0.25, 0.3) is 5.91 Å². The lowest BCUT2D eigenvalue weighted by molar-refractivity contribution is -0.155. The summed E-state index contributed by atoms with van der Waals surface area (Å²) in [7, 11) is 0. The topological polar surface area (TPSA) is 64.6 Å². The van der Waals surface area contributed by atoms with E-state index in [0.29, 0.717) is 5.75 Å².